The van der Waals surface area contributed by atoms with Crippen molar-refractivity contribution in [1.29, 1.82) is 0 Å². The predicted molar refractivity (Wildman–Crippen MR) is 107 cm³/mol. The zero-order valence-corrected chi connectivity index (χ0v) is 15.8. The number of rotatable bonds is 5. The monoisotopic (exact) mass is 362 g/mol. The maximum Gasteiger partial charge on any atom is 0.275 e. The van der Waals surface area contributed by atoms with Crippen LogP contribution in [0.1, 0.15) is 27.2 Å². The van der Waals surface area contributed by atoms with Crippen LogP contribution in [-0.4, -0.2) is 23.0 Å². The number of hydrogen-bond acceptors (Lipinski definition) is 5. The van der Waals surface area contributed by atoms with Crippen LogP contribution >= 0.6 is 0 Å². The standard InChI is InChI=1S/C21H22N4O2/c1-13-5-7-15(3)16(9-13)24-20-12-22-18(11-23-20)21(26)25-17-10-14(2)6-8-19(17)27-4/h5-12H,1-4H3,(H,23,24)(H,25,26). The number of anilines is 3. The first kappa shape index (κ1) is 18.4. The molecule has 2 N–H and O–H groups in total. The molecule has 0 spiro atoms. The molecule has 0 bridgehead atoms. The first-order valence-corrected chi connectivity index (χ1v) is 8.58. The van der Waals surface area contributed by atoms with E-state index in [4.69, 9.17) is 4.74 Å². The summed E-state index contributed by atoms with van der Waals surface area (Å²) in [5.74, 6) is 0.827. The summed E-state index contributed by atoms with van der Waals surface area (Å²) in [7, 11) is 1.56. The van der Waals surface area contributed by atoms with Crippen molar-refractivity contribution in [3.8, 4) is 5.75 Å². The molecule has 0 saturated carbocycles. The van der Waals surface area contributed by atoms with Gasteiger partial charge < -0.3 is 15.4 Å². The Kier molecular flexibility index (Phi) is 5.35. The summed E-state index contributed by atoms with van der Waals surface area (Å²) in [6.45, 7) is 6.00. The first-order valence-electron chi connectivity index (χ1n) is 8.58. The first-order chi connectivity index (χ1) is 13.0. The largest absolute Gasteiger partial charge is 0.495 e. The molecule has 1 aromatic heterocycles. The second-order valence-electron chi connectivity index (χ2n) is 6.39. The molecular formula is C21H22N4O2. The van der Waals surface area contributed by atoms with Crippen LogP contribution in [0.3, 0.4) is 0 Å². The lowest BCUT2D eigenvalue weighted by Crippen LogP contribution is -2.15. The summed E-state index contributed by atoms with van der Waals surface area (Å²) in [5.41, 5.74) is 5.07. The lowest BCUT2D eigenvalue weighted by atomic mass is 10.1. The van der Waals surface area contributed by atoms with Crippen LogP contribution in [0, 0.1) is 20.8 Å². The van der Waals surface area contributed by atoms with Gasteiger partial charge in [0.15, 0.2) is 0 Å². The zero-order chi connectivity index (χ0) is 19.4. The molecule has 2 aromatic carbocycles. The third-order valence-corrected chi connectivity index (χ3v) is 4.14. The van der Waals surface area contributed by atoms with Gasteiger partial charge in [-0.15, -0.1) is 0 Å². The summed E-state index contributed by atoms with van der Waals surface area (Å²) in [6, 6.07) is 11.7. The smallest absolute Gasteiger partial charge is 0.275 e. The fourth-order valence-corrected chi connectivity index (χ4v) is 2.62. The maximum absolute atomic E-state index is 12.5. The van der Waals surface area contributed by atoms with Gasteiger partial charge in [0.2, 0.25) is 0 Å². The molecule has 27 heavy (non-hydrogen) atoms. The van der Waals surface area contributed by atoms with Gasteiger partial charge in [0.1, 0.15) is 17.3 Å². The van der Waals surface area contributed by atoms with Crippen LogP contribution in [0.2, 0.25) is 0 Å². The molecule has 0 aliphatic carbocycles. The van der Waals surface area contributed by atoms with Crippen LogP contribution < -0.4 is 15.4 Å². The summed E-state index contributed by atoms with van der Waals surface area (Å²) in [4.78, 5) is 21.0. The number of ether oxygens (including phenoxy) is 1. The third kappa shape index (κ3) is 4.41. The molecule has 3 aromatic rings. The number of carbonyl (C=O) groups excluding carboxylic acids is 1. The van der Waals surface area contributed by atoms with Crippen molar-refractivity contribution in [3.05, 3.63) is 71.2 Å². The summed E-state index contributed by atoms with van der Waals surface area (Å²) in [6.07, 6.45) is 3.00. The van der Waals surface area contributed by atoms with E-state index in [1.165, 1.54) is 6.20 Å². The molecule has 138 valence electrons. The number of amides is 1. The Hall–Kier alpha value is -3.41. The average Bonchev–Trinajstić information content (AvgIpc) is 2.65. The van der Waals surface area contributed by atoms with Gasteiger partial charge >= 0.3 is 0 Å². The number of nitrogens with one attached hydrogen (secondary N) is 2. The van der Waals surface area contributed by atoms with Gasteiger partial charge in [0, 0.05) is 5.69 Å². The summed E-state index contributed by atoms with van der Waals surface area (Å²) < 4.78 is 5.28. The third-order valence-electron chi connectivity index (χ3n) is 4.14. The lowest BCUT2D eigenvalue weighted by molar-refractivity contribution is 0.102. The number of carbonyl (C=O) groups is 1. The number of aromatic nitrogens is 2. The molecule has 3 rings (SSSR count). The molecule has 0 fully saturated rings. The molecule has 0 aliphatic rings. The molecule has 0 radical (unpaired) electrons. The van der Waals surface area contributed by atoms with E-state index in [2.05, 4.69) is 26.7 Å². The fraction of sp³-hybridized carbons (Fsp3) is 0.190. The van der Waals surface area contributed by atoms with E-state index in [0.29, 0.717) is 17.3 Å². The highest BCUT2D eigenvalue weighted by Crippen LogP contribution is 2.25. The Labute approximate surface area is 158 Å². The normalized spacial score (nSPS) is 10.4. The van der Waals surface area contributed by atoms with Crippen LogP contribution in [-0.2, 0) is 0 Å². The van der Waals surface area contributed by atoms with Crippen molar-refractivity contribution >= 4 is 23.1 Å². The van der Waals surface area contributed by atoms with Crippen molar-refractivity contribution in [3.63, 3.8) is 0 Å². The Balaban J connectivity index is 1.74. The molecule has 0 saturated heterocycles. The molecule has 6 nitrogen and oxygen atoms in total. The highest BCUT2D eigenvalue weighted by molar-refractivity contribution is 6.03. The van der Waals surface area contributed by atoms with Crippen LogP contribution in [0.4, 0.5) is 17.2 Å². The van der Waals surface area contributed by atoms with Gasteiger partial charge in [0.25, 0.3) is 5.91 Å². The number of methoxy groups -OCH3 is 1. The summed E-state index contributed by atoms with van der Waals surface area (Å²) >= 11 is 0. The van der Waals surface area contributed by atoms with E-state index in [9.17, 15) is 4.79 Å². The number of hydrogen-bond donors (Lipinski definition) is 2. The minimum Gasteiger partial charge on any atom is -0.495 e. The van der Waals surface area contributed by atoms with Gasteiger partial charge in [-0.1, -0.05) is 18.2 Å². The molecule has 0 atom stereocenters. The molecule has 1 heterocycles. The highest BCUT2D eigenvalue weighted by Gasteiger charge is 2.12. The predicted octanol–water partition coefficient (Wildman–Crippen LogP) is 4.41. The number of aryl methyl sites for hydroxylation is 3. The van der Waals surface area contributed by atoms with Crippen molar-refractivity contribution < 1.29 is 9.53 Å². The van der Waals surface area contributed by atoms with Gasteiger partial charge in [-0.25, -0.2) is 9.97 Å². The Bertz CT molecular complexity index is 968. The number of nitrogens with zero attached hydrogens (tertiary/aromatic N) is 2. The van der Waals surface area contributed by atoms with Gasteiger partial charge in [-0.05, 0) is 55.7 Å². The Morgan fingerprint density at radius 3 is 2.30 bits per heavy atom. The molecule has 6 heteroatoms. The molecule has 0 unspecified atom stereocenters. The van der Waals surface area contributed by atoms with Crippen molar-refractivity contribution in [1.82, 2.24) is 9.97 Å². The second-order valence-corrected chi connectivity index (χ2v) is 6.39. The van der Waals surface area contributed by atoms with E-state index in [0.717, 1.165) is 22.4 Å². The van der Waals surface area contributed by atoms with Gasteiger partial charge in [0.05, 0.1) is 25.2 Å². The molecular weight excluding hydrogens is 340 g/mol. The Morgan fingerprint density at radius 2 is 1.63 bits per heavy atom. The fourth-order valence-electron chi connectivity index (χ4n) is 2.62. The average molecular weight is 362 g/mol. The van der Waals surface area contributed by atoms with E-state index in [1.54, 1.807) is 13.3 Å². The van der Waals surface area contributed by atoms with E-state index >= 15 is 0 Å². The van der Waals surface area contributed by atoms with Crippen molar-refractivity contribution in [2.24, 2.45) is 0 Å². The minimum absolute atomic E-state index is 0.227. The topological polar surface area (TPSA) is 76.1 Å². The summed E-state index contributed by atoms with van der Waals surface area (Å²) in [5, 5.41) is 6.05. The zero-order valence-electron chi connectivity index (χ0n) is 15.8. The van der Waals surface area contributed by atoms with Crippen molar-refractivity contribution in [2.45, 2.75) is 20.8 Å². The lowest BCUT2D eigenvalue weighted by Gasteiger charge is -2.11. The van der Waals surface area contributed by atoms with E-state index in [1.807, 2.05) is 51.1 Å². The van der Waals surface area contributed by atoms with Crippen LogP contribution in [0.15, 0.2) is 48.8 Å². The van der Waals surface area contributed by atoms with E-state index < -0.39 is 0 Å². The van der Waals surface area contributed by atoms with Crippen LogP contribution in [0.5, 0.6) is 5.75 Å². The maximum atomic E-state index is 12.5. The number of benzene rings is 2. The van der Waals surface area contributed by atoms with E-state index in [-0.39, 0.29) is 11.6 Å². The SMILES string of the molecule is COc1ccc(C)cc1NC(=O)c1cnc(Nc2cc(C)ccc2C)cn1. The Morgan fingerprint density at radius 1 is 0.926 bits per heavy atom. The van der Waals surface area contributed by atoms with Crippen LogP contribution in [0.25, 0.3) is 0 Å². The van der Waals surface area contributed by atoms with Crippen molar-refractivity contribution in [2.75, 3.05) is 17.7 Å². The minimum atomic E-state index is -0.343. The van der Waals surface area contributed by atoms with Gasteiger partial charge in [-0.3, -0.25) is 4.79 Å². The second kappa shape index (κ2) is 7.86. The highest BCUT2D eigenvalue weighted by atomic mass is 16.5. The quantitative estimate of drug-likeness (QED) is 0.703. The van der Waals surface area contributed by atoms with Gasteiger partial charge in [-0.2, -0.15) is 0 Å². The molecule has 0 aliphatic heterocycles. The molecule has 1 amide bonds.